The van der Waals surface area contributed by atoms with E-state index in [1.165, 1.54) is 23.8 Å². The van der Waals surface area contributed by atoms with Crippen LogP contribution in [-0.2, 0) is 13.0 Å². The summed E-state index contributed by atoms with van der Waals surface area (Å²) in [6.07, 6.45) is 2.35. The van der Waals surface area contributed by atoms with E-state index in [1.807, 2.05) is 6.07 Å². The molecule has 1 fully saturated rings. The summed E-state index contributed by atoms with van der Waals surface area (Å²) in [6, 6.07) is 14.8. The molecule has 0 amide bonds. The Bertz CT molecular complexity index is 757. The summed E-state index contributed by atoms with van der Waals surface area (Å²) in [5, 5.41) is 6.59. The Balaban J connectivity index is 0.00000300. The van der Waals surface area contributed by atoms with E-state index in [9.17, 15) is 8.78 Å². The van der Waals surface area contributed by atoms with Gasteiger partial charge in [-0.2, -0.15) is 0 Å². The minimum atomic E-state index is -0.504. The molecule has 1 heterocycles. The first-order chi connectivity index (χ1) is 13.7. The van der Waals surface area contributed by atoms with E-state index >= 15 is 0 Å². The Labute approximate surface area is 188 Å². The minimum absolute atomic E-state index is 0. The SMILES string of the molecule is CN=C(NCCc1c(F)cccc1F)NC1CCN(Cc2ccccc2)CC1.I. The number of halogens is 3. The van der Waals surface area contributed by atoms with Crippen molar-refractivity contribution >= 4 is 29.9 Å². The Kier molecular flexibility index (Phi) is 9.80. The summed E-state index contributed by atoms with van der Waals surface area (Å²) >= 11 is 0. The van der Waals surface area contributed by atoms with Gasteiger partial charge in [0.15, 0.2) is 5.96 Å². The summed E-state index contributed by atoms with van der Waals surface area (Å²) in [7, 11) is 1.71. The van der Waals surface area contributed by atoms with Gasteiger partial charge in [-0.1, -0.05) is 36.4 Å². The van der Waals surface area contributed by atoms with Gasteiger partial charge in [0.25, 0.3) is 0 Å². The third-order valence-electron chi connectivity index (χ3n) is 5.13. The summed E-state index contributed by atoms with van der Waals surface area (Å²) in [5.74, 6) is -0.329. The number of benzene rings is 2. The van der Waals surface area contributed by atoms with Crippen molar-refractivity contribution in [2.24, 2.45) is 4.99 Å². The van der Waals surface area contributed by atoms with E-state index in [1.54, 1.807) is 7.05 Å². The molecule has 0 aromatic heterocycles. The van der Waals surface area contributed by atoms with Gasteiger partial charge in [-0.05, 0) is 37.0 Å². The molecule has 2 N–H and O–H groups in total. The summed E-state index contributed by atoms with van der Waals surface area (Å²) in [5.41, 5.74) is 1.45. The standard InChI is InChI=1S/C22H28F2N4.HI/c1-25-22(26-13-10-19-20(23)8-5-9-21(19)24)27-18-11-14-28(15-12-18)16-17-6-3-2-4-7-17;/h2-9,18H,10-16H2,1H3,(H2,25,26,27);1H. The van der Waals surface area contributed by atoms with E-state index in [0.29, 0.717) is 18.5 Å². The molecule has 0 atom stereocenters. The molecule has 2 aromatic carbocycles. The molecular weight excluding hydrogens is 485 g/mol. The van der Waals surface area contributed by atoms with Crippen molar-refractivity contribution in [3.63, 3.8) is 0 Å². The molecule has 4 nitrogen and oxygen atoms in total. The van der Waals surface area contributed by atoms with Crippen LogP contribution in [0.4, 0.5) is 8.78 Å². The molecule has 1 saturated heterocycles. The first kappa shape index (κ1) is 23.5. The van der Waals surface area contributed by atoms with Crippen molar-refractivity contribution in [3.05, 3.63) is 71.3 Å². The van der Waals surface area contributed by atoms with Crippen molar-refractivity contribution in [1.82, 2.24) is 15.5 Å². The lowest BCUT2D eigenvalue weighted by atomic mass is 10.0. The number of guanidine groups is 1. The highest BCUT2D eigenvalue weighted by molar-refractivity contribution is 14.0. The molecule has 0 bridgehead atoms. The van der Waals surface area contributed by atoms with Crippen LogP contribution < -0.4 is 10.6 Å². The van der Waals surface area contributed by atoms with E-state index in [2.05, 4.69) is 44.8 Å². The van der Waals surface area contributed by atoms with Crippen molar-refractivity contribution < 1.29 is 8.78 Å². The van der Waals surface area contributed by atoms with Gasteiger partial charge in [0.1, 0.15) is 11.6 Å². The number of likely N-dealkylation sites (tertiary alicyclic amines) is 1. The topological polar surface area (TPSA) is 39.7 Å². The van der Waals surface area contributed by atoms with Crippen LogP contribution in [0.5, 0.6) is 0 Å². The lowest BCUT2D eigenvalue weighted by Gasteiger charge is -2.33. The third-order valence-corrected chi connectivity index (χ3v) is 5.13. The van der Waals surface area contributed by atoms with Gasteiger partial charge in [-0.15, -0.1) is 24.0 Å². The van der Waals surface area contributed by atoms with Gasteiger partial charge >= 0.3 is 0 Å². The highest BCUT2D eigenvalue weighted by Gasteiger charge is 2.20. The molecule has 29 heavy (non-hydrogen) atoms. The van der Waals surface area contributed by atoms with Gasteiger partial charge < -0.3 is 10.6 Å². The maximum atomic E-state index is 13.7. The van der Waals surface area contributed by atoms with Gasteiger partial charge in [-0.3, -0.25) is 9.89 Å². The zero-order valence-corrected chi connectivity index (χ0v) is 19.0. The minimum Gasteiger partial charge on any atom is -0.356 e. The molecule has 1 aliphatic heterocycles. The number of nitrogens with one attached hydrogen (secondary N) is 2. The largest absolute Gasteiger partial charge is 0.356 e. The average molecular weight is 514 g/mol. The average Bonchev–Trinajstić information content (AvgIpc) is 2.71. The third kappa shape index (κ3) is 7.22. The van der Waals surface area contributed by atoms with Gasteiger partial charge in [-0.25, -0.2) is 8.78 Å². The first-order valence-corrected chi connectivity index (χ1v) is 9.82. The molecule has 1 aliphatic rings. The monoisotopic (exact) mass is 514 g/mol. The predicted octanol–water partition coefficient (Wildman–Crippen LogP) is 3.95. The van der Waals surface area contributed by atoms with Gasteiger partial charge in [0.2, 0.25) is 0 Å². The van der Waals surface area contributed by atoms with E-state index < -0.39 is 11.6 Å². The molecular formula is C22H29F2IN4. The van der Waals surface area contributed by atoms with Crippen LogP contribution >= 0.6 is 24.0 Å². The Hall–Kier alpha value is -1.74. The molecule has 0 unspecified atom stereocenters. The number of aliphatic imine (C=N–C) groups is 1. The predicted molar refractivity (Wildman–Crippen MR) is 125 cm³/mol. The van der Waals surface area contributed by atoms with E-state index in [4.69, 9.17) is 0 Å². The lowest BCUT2D eigenvalue weighted by Crippen LogP contribution is -2.48. The molecule has 0 saturated carbocycles. The molecule has 7 heteroatoms. The van der Waals surface area contributed by atoms with Gasteiger partial charge in [0.05, 0.1) is 0 Å². The van der Waals surface area contributed by atoms with Crippen molar-refractivity contribution in [1.29, 1.82) is 0 Å². The molecule has 158 valence electrons. The summed E-state index contributed by atoms with van der Waals surface area (Å²) < 4.78 is 27.4. The number of piperidine rings is 1. The molecule has 0 radical (unpaired) electrons. The van der Waals surface area contributed by atoms with Crippen LogP contribution in [0.1, 0.15) is 24.0 Å². The van der Waals surface area contributed by atoms with Crippen molar-refractivity contribution in [3.8, 4) is 0 Å². The van der Waals surface area contributed by atoms with Crippen LogP contribution in [0.25, 0.3) is 0 Å². The van der Waals surface area contributed by atoms with E-state index in [0.717, 1.165) is 32.5 Å². The van der Waals surface area contributed by atoms with Crippen LogP contribution in [0.3, 0.4) is 0 Å². The lowest BCUT2D eigenvalue weighted by molar-refractivity contribution is 0.198. The smallest absolute Gasteiger partial charge is 0.191 e. The fourth-order valence-corrected chi connectivity index (χ4v) is 3.54. The maximum Gasteiger partial charge on any atom is 0.191 e. The first-order valence-electron chi connectivity index (χ1n) is 9.82. The second-order valence-electron chi connectivity index (χ2n) is 7.13. The molecule has 2 aromatic rings. The number of nitrogens with zero attached hydrogens (tertiary/aromatic N) is 2. The molecule has 3 rings (SSSR count). The Morgan fingerprint density at radius 2 is 1.69 bits per heavy atom. The van der Waals surface area contributed by atoms with E-state index in [-0.39, 0.29) is 36.0 Å². The summed E-state index contributed by atoms with van der Waals surface area (Å²) in [6.45, 7) is 3.47. The normalized spacial score (nSPS) is 15.6. The van der Waals surface area contributed by atoms with Crippen LogP contribution in [-0.4, -0.2) is 43.6 Å². The van der Waals surface area contributed by atoms with Gasteiger partial charge in [0, 0.05) is 44.8 Å². The van der Waals surface area contributed by atoms with Crippen LogP contribution in [0.15, 0.2) is 53.5 Å². The quantitative estimate of drug-likeness (QED) is 0.349. The highest BCUT2D eigenvalue weighted by atomic mass is 127. The van der Waals surface area contributed by atoms with Crippen molar-refractivity contribution in [2.75, 3.05) is 26.7 Å². The zero-order valence-electron chi connectivity index (χ0n) is 16.7. The van der Waals surface area contributed by atoms with Crippen LogP contribution in [0, 0.1) is 11.6 Å². The second-order valence-corrected chi connectivity index (χ2v) is 7.13. The number of hydrogen-bond acceptors (Lipinski definition) is 2. The fraction of sp³-hybridized carbons (Fsp3) is 0.409. The second kappa shape index (κ2) is 12.1. The Morgan fingerprint density at radius 1 is 1.03 bits per heavy atom. The molecule has 0 aliphatic carbocycles. The fourth-order valence-electron chi connectivity index (χ4n) is 3.54. The Morgan fingerprint density at radius 3 is 2.31 bits per heavy atom. The van der Waals surface area contributed by atoms with Crippen LogP contribution in [0.2, 0.25) is 0 Å². The maximum absolute atomic E-state index is 13.7. The van der Waals surface area contributed by atoms with Crippen molar-refractivity contribution in [2.45, 2.75) is 31.8 Å². The number of hydrogen-bond donors (Lipinski definition) is 2. The number of rotatable bonds is 6. The molecule has 0 spiro atoms. The summed E-state index contributed by atoms with van der Waals surface area (Å²) in [4.78, 5) is 6.70. The highest BCUT2D eigenvalue weighted by Crippen LogP contribution is 2.14. The zero-order chi connectivity index (χ0) is 19.8.